The molecule has 2 heterocycles. The Kier molecular flexibility index (Phi) is 6.61. The van der Waals surface area contributed by atoms with Crippen LogP contribution in [0.4, 0.5) is 13.2 Å². The van der Waals surface area contributed by atoms with E-state index >= 15 is 8.78 Å². The minimum absolute atomic E-state index is 0.0211. The lowest BCUT2D eigenvalue weighted by molar-refractivity contribution is 0.0426. The van der Waals surface area contributed by atoms with Crippen LogP contribution < -0.4 is 5.32 Å². The van der Waals surface area contributed by atoms with E-state index in [9.17, 15) is 9.18 Å². The summed E-state index contributed by atoms with van der Waals surface area (Å²) >= 11 is 3.18. The molecular weight excluding hydrogens is 527 g/mol. The van der Waals surface area contributed by atoms with Gasteiger partial charge >= 0.3 is 0 Å². The van der Waals surface area contributed by atoms with Gasteiger partial charge < -0.3 is 5.32 Å². The molecule has 0 aliphatic heterocycles. The molecule has 0 saturated heterocycles. The number of carbonyl (C=O) groups excluding carboxylic acids is 1. The third-order valence-electron chi connectivity index (χ3n) is 5.01. The summed E-state index contributed by atoms with van der Waals surface area (Å²) in [5.41, 5.74) is -0.743. The van der Waals surface area contributed by atoms with Crippen molar-refractivity contribution in [1.29, 1.82) is 5.26 Å². The van der Waals surface area contributed by atoms with Crippen LogP contribution in [0.2, 0.25) is 0 Å². The summed E-state index contributed by atoms with van der Waals surface area (Å²) in [5, 5.41) is 15.7. The summed E-state index contributed by atoms with van der Waals surface area (Å²) in [6, 6.07) is 8.74. The smallest absolute Gasteiger partial charge is 0.298 e. The Morgan fingerprint density at radius 1 is 1.11 bits per heavy atom. The van der Waals surface area contributed by atoms with Gasteiger partial charge in [-0.2, -0.15) is 23.8 Å². The number of halogens is 4. The second-order valence-corrected chi connectivity index (χ2v) is 8.32. The number of hydrogen-bond donors (Lipinski definition) is 1. The number of amides is 1. The lowest BCUT2D eigenvalue weighted by Gasteiger charge is -2.19. The zero-order valence-corrected chi connectivity index (χ0v) is 19.5. The van der Waals surface area contributed by atoms with Crippen molar-refractivity contribution >= 4 is 21.8 Å². The van der Waals surface area contributed by atoms with E-state index in [0.717, 1.165) is 30.3 Å². The SMILES string of the molecule is C[C@H](NC(=O)c1cc(Br)cc(C(F)(F)c2ccc(F)cc2)c1)c1ncnn1-c1cnc(C#N)cn1. The Morgan fingerprint density at radius 2 is 1.86 bits per heavy atom. The van der Waals surface area contributed by atoms with Gasteiger partial charge in [0, 0.05) is 21.2 Å². The summed E-state index contributed by atoms with van der Waals surface area (Å²) in [5.74, 6) is -4.14. The largest absolute Gasteiger partial charge is 0.342 e. The predicted octanol–water partition coefficient (Wildman–Crippen LogP) is 4.46. The fourth-order valence-electron chi connectivity index (χ4n) is 3.28. The van der Waals surface area contributed by atoms with Crippen LogP contribution in [-0.4, -0.2) is 30.6 Å². The van der Waals surface area contributed by atoms with Crippen molar-refractivity contribution < 1.29 is 18.0 Å². The Morgan fingerprint density at radius 3 is 2.51 bits per heavy atom. The molecule has 2 aromatic carbocycles. The van der Waals surface area contributed by atoms with Gasteiger partial charge in [-0.3, -0.25) is 4.79 Å². The summed E-state index contributed by atoms with van der Waals surface area (Å²) in [6.45, 7) is 1.64. The van der Waals surface area contributed by atoms with Crippen molar-refractivity contribution in [3.05, 3.63) is 99.7 Å². The molecule has 0 aliphatic rings. The van der Waals surface area contributed by atoms with Crippen LogP contribution in [0, 0.1) is 17.1 Å². The van der Waals surface area contributed by atoms with Crippen LogP contribution >= 0.6 is 15.9 Å². The molecule has 2 aromatic heterocycles. The number of benzene rings is 2. The molecule has 0 spiro atoms. The molecule has 0 saturated carbocycles. The first kappa shape index (κ1) is 24.0. The van der Waals surface area contributed by atoms with E-state index in [-0.39, 0.29) is 21.5 Å². The van der Waals surface area contributed by atoms with E-state index in [1.165, 1.54) is 35.5 Å². The Bertz CT molecular complexity index is 1420. The van der Waals surface area contributed by atoms with Gasteiger partial charge in [-0.15, -0.1) is 0 Å². The molecule has 8 nitrogen and oxygen atoms in total. The van der Waals surface area contributed by atoms with E-state index in [1.54, 1.807) is 6.92 Å². The third kappa shape index (κ3) is 5.04. The Balaban J connectivity index is 1.58. The Hall–Kier alpha value is -4.11. The topological polar surface area (TPSA) is 109 Å². The minimum atomic E-state index is -3.47. The van der Waals surface area contributed by atoms with Gasteiger partial charge in [-0.1, -0.05) is 15.9 Å². The fourth-order valence-corrected chi connectivity index (χ4v) is 3.78. The van der Waals surface area contributed by atoms with Gasteiger partial charge in [0.25, 0.3) is 11.8 Å². The molecule has 0 unspecified atom stereocenters. The quantitative estimate of drug-likeness (QED) is 0.386. The fraction of sp³-hybridized carbons (Fsp3) is 0.130. The summed E-state index contributed by atoms with van der Waals surface area (Å²) in [4.78, 5) is 25.1. The molecule has 1 amide bonds. The van der Waals surface area contributed by atoms with E-state index in [2.05, 4.69) is 41.3 Å². The van der Waals surface area contributed by atoms with E-state index in [1.807, 2.05) is 6.07 Å². The second-order valence-electron chi connectivity index (χ2n) is 7.41. The number of nitrogens with zero attached hydrogens (tertiary/aromatic N) is 6. The number of rotatable bonds is 6. The van der Waals surface area contributed by atoms with Crippen molar-refractivity contribution in [2.75, 3.05) is 0 Å². The highest BCUT2D eigenvalue weighted by Gasteiger charge is 2.35. The van der Waals surface area contributed by atoms with E-state index in [4.69, 9.17) is 5.26 Å². The van der Waals surface area contributed by atoms with Crippen LogP contribution in [0.3, 0.4) is 0 Å². The van der Waals surface area contributed by atoms with Crippen LogP contribution in [-0.2, 0) is 5.92 Å². The molecular formula is C23H15BrF3N7O. The highest BCUT2D eigenvalue weighted by molar-refractivity contribution is 9.10. The Labute approximate surface area is 205 Å². The van der Waals surface area contributed by atoms with Gasteiger partial charge in [0.05, 0.1) is 18.4 Å². The second kappa shape index (κ2) is 9.63. The number of nitriles is 1. The van der Waals surface area contributed by atoms with Gasteiger partial charge in [-0.05, 0) is 49.4 Å². The molecule has 176 valence electrons. The zero-order valence-electron chi connectivity index (χ0n) is 18.0. The van der Waals surface area contributed by atoms with Crippen LogP contribution in [0.15, 0.2) is 65.7 Å². The maximum atomic E-state index is 15.1. The van der Waals surface area contributed by atoms with Crippen molar-refractivity contribution in [1.82, 2.24) is 30.0 Å². The van der Waals surface area contributed by atoms with Gasteiger partial charge in [0.1, 0.15) is 18.2 Å². The van der Waals surface area contributed by atoms with Crippen molar-refractivity contribution in [2.45, 2.75) is 18.9 Å². The van der Waals surface area contributed by atoms with Crippen LogP contribution in [0.1, 0.15) is 46.0 Å². The third-order valence-corrected chi connectivity index (χ3v) is 5.47. The number of alkyl halides is 2. The minimum Gasteiger partial charge on any atom is -0.342 e. The zero-order chi connectivity index (χ0) is 25.2. The van der Waals surface area contributed by atoms with Gasteiger partial charge in [-0.25, -0.2) is 19.3 Å². The highest BCUT2D eigenvalue weighted by Crippen LogP contribution is 2.37. The van der Waals surface area contributed by atoms with Crippen LogP contribution in [0.25, 0.3) is 5.82 Å². The molecule has 12 heteroatoms. The first-order chi connectivity index (χ1) is 16.7. The van der Waals surface area contributed by atoms with Gasteiger partial charge in [0.2, 0.25) is 0 Å². The van der Waals surface area contributed by atoms with E-state index < -0.39 is 34.8 Å². The first-order valence-electron chi connectivity index (χ1n) is 10.1. The molecule has 4 aromatic rings. The maximum Gasteiger partial charge on any atom is 0.298 e. The number of aromatic nitrogens is 5. The highest BCUT2D eigenvalue weighted by atomic mass is 79.9. The molecule has 1 atom stereocenters. The standard InChI is InChI=1S/C23H15BrF3N7O/c1-13(21-31-12-32-34(21)20-11-29-19(9-28)10-30-20)33-22(35)14-6-16(8-17(24)7-14)23(26,27)15-2-4-18(25)5-3-15/h2-8,10-13H,1H3,(H,33,35)/t13-/m0/s1. The summed E-state index contributed by atoms with van der Waals surface area (Å²) < 4.78 is 45.0. The monoisotopic (exact) mass is 541 g/mol. The average molecular weight is 542 g/mol. The normalized spacial score (nSPS) is 12.1. The van der Waals surface area contributed by atoms with Crippen LogP contribution in [0.5, 0.6) is 0 Å². The lowest BCUT2D eigenvalue weighted by atomic mass is 9.98. The van der Waals surface area contributed by atoms with Gasteiger partial charge in [0.15, 0.2) is 17.3 Å². The molecule has 0 fully saturated rings. The average Bonchev–Trinajstić information content (AvgIpc) is 3.34. The van der Waals surface area contributed by atoms with Crippen molar-refractivity contribution in [3.8, 4) is 11.9 Å². The molecule has 0 bridgehead atoms. The maximum absolute atomic E-state index is 15.1. The van der Waals surface area contributed by atoms with E-state index in [0.29, 0.717) is 5.82 Å². The molecule has 0 aliphatic carbocycles. The summed E-state index contributed by atoms with van der Waals surface area (Å²) in [7, 11) is 0. The number of nitrogens with one attached hydrogen (secondary N) is 1. The molecule has 35 heavy (non-hydrogen) atoms. The number of hydrogen-bond acceptors (Lipinski definition) is 6. The molecule has 1 N–H and O–H groups in total. The predicted molar refractivity (Wildman–Crippen MR) is 121 cm³/mol. The molecule has 4 rings (SSSR count). The number of carbonyl (C=O) groups is 1. The van der Waals surface area contributed by atoms with Crippen molar-refractivity contribution in [2.24, 2.45) is 0 Å². The lowest BCUT2D eigenvalue weighted by Crippen LogP contribution is -2.29. The summed E-state index contributed by atoms with van der Waals surface area (Å²) in [6.07, 6.45) is 3.87. The molecule has 0 radical (unpaired) electrons. The first-order valence-corrected chi connectivity index (χ1v) is 10.9. The van der Waals surface area contributed by atoms with Crippen molar-refractivity contribution in [3.63, 3.8) is 0 Å².